The van der Waals surface area contributed by atoms with Crippen LogP contribution in [0, 0.1) is 0 Å². The van der Waals surface area contributed by atoms with Crippen molar-refractivity contribution in [3.8, 4) is 0 Å². The van der Waals surface area contributed by atoms with Crippen LogP contribution >= 0.6 is 0 Å². The van der Waals surface area contributed by atoms with Gasteiger partial charge < -0.3 is 5.53 Å². The molecule has 0 aliphatic rings. The summed E-state index contributed by atoms with van der Waals surface area (Å²) in [6.07, 6.45) is 4.25. The van der Waals surface area contributed by atoms with Gasteiger partial charge in [-0.05, 0) is 6.08 Å². The molecule has 0 spiro atoms. The third-order valence-corrected chi connectivity index (χ3v) is 0.342. The average molecular weight is 96.1 g/mol. The summed E-state index contributed by atoms with van der Waals surface area (Å²) in [5.41, 5.74) is 7.70. The maximum absolute atomic E-state index is 9.45. The molecule has 7 heavy (non-hydrogen) atoms. The molecule has 3 heteroatoms. The molecule has 0 fully saturated rings. The van der Waals surface area contributed by atoms with Crippen molar-refractivity contribution in [2.75, 3.05) is 0 Å². The van der Waals surface area contributed by atoms with E-state index in [2.05, 4.69) is 4.79 Å². The number of carbonyl (C=O) groups is 1. The predicted molar refractivity (Wildman–Crippen MR) is 24.9 cm³/mol. The lowest BCUT2D eigenvalue weighted by Gasteiger charge is -1.51. The SMILES string of the molecule is [N-]=[N+]=C/C=C/C=O. The van der Waals surface area contributed by atoms with E-state index in [-0.39, 0.29) is 0 Å². The number of hydrogen-bond donors (Lipinski definition) is 0. The molecule has 3 nitrogen and oxygen atoms in total. The average Bonchev–Trinajstić information content (AvgIpc) is 1.69. The molecule has 0 radical (unpaired) electrons. The Kier molecular flexibility index (Phi) is 3.96. The van der Waals surface area contributed by atoms with Gasteiger partial charge in [-0.1, -0.05) is 0 Å². The van der Waals surface area contributed by atoms with E-state index in [1.54, 1.807) is 0 Å². The van der Waals surface area contributed by atoms with Crippen molar-refractivity contribution in [3.05, 3.63) is 17.7 Å². The number of allylic oxidation sites excluding steroid dienone is 2. The second-order valence-electron chi connectivity index (χ2n) is 0.786. The van der Waals surface area contributed by atoms with Crippen LogP contribution in [0.5, 0.6) is 0 Å². The Morgan fingerprint density at radius 3 is 2.57 bits per heavy atom. The van der Waals surface area contributed by atoms with Gasteiger partial charge in [0.25, 0.3) is 6.21 Å². The van der Waals surface area contributed by atoms with Gasteiger partial charge in [0.1, 0.15) is 6.29 Å². The van der Waals surface area contributed by atoms with Crippen molar-refractivity contribution in [1.82, 2.24) is 0 Å². The van der Waals surface area contributed by atoms with E-state index in [4.69, 9.17) is 5.53 Å². The third kappa shape index (κ3) is 4.79. The third-order valence-electron chi connectivity index (χ3n) is 0.342. The van der Waals surface area contributed by atoms with E-state index in [1.165, 1.54) is 12.2 Å². The minimum atomic E-state index is 0.599. The maximum Gasteiger partial charge on any atom is 0.280 e. The summed E-state index contributed by atoms with van der Waals surface area (Å²) in [5.74, 6) is 0. The zero-order chi connectivity index (χ0) is 5.54. The molecule has 0 N–H and O–H groups in total. The van der Waals surface area contributed by atoms with Crippen molar-refractivity contribution in [3.63, 3.8) is 0 Å². The number of nitrogens with zero attached hydrogens (tertiary/aromatic N) is 2. The minimum absolute atomic E-state index is 0.599. The van der Waals surface area contributed by atoms with Crippen LogP contribution < -0.4 is 0 Å². The molecule has 0 atom stereocenters. The van der Waals surface area contributed by atoms with Crippen LogP contribution in [-0.2, 0) is 4.79 Å². The molecule has 0 aromatic carbocycles. The highest BCUT2D eigenvalue weighted by molar-refractivity contribution is 5.75. The first-order chi connectivity index (χ1) is 3.41. The lowest BCUT2D eigenvalue weighted by atomic mass is 10.6. The molecule has 36 valence electrons. The van der Waals surface area contributed by atoms with Crippen molar-refractivity contribution in [1.29, 1.82) is 0 Å². The van der Waals surface area contributed by atoms with Gasteiger partial charge in [0.15, 0.2) is 0 Å². The fourth-order valence-corrected chi connectivity index (χ4v) is 0.134. The van der Waals surface area contributed by atoms with Gasteiger partial charge in [0, 0.05) is 6.08 Å². The fraction of sp³-hybridized carbons (Fsp3) is 0. The molecule has 0 aliphatic carbocycles. The van der Waals surface area contributed by atoms with Crippen LogP contribution in [0.4, 0.5) is 0 Å². The molecule has 0 saturated heterocycles. The first-order valence-corrected chi connectivity index (χ1v) is 1.69. The zero-order valence-electron chi connectivity index (χ0n) is 3.61. The summed E-state index contributed by atoms with van der Waals surface area (Å²) in [6.45, 7) is 0. The Morgan fingerprint density at radius 2 is 2.14 bits per heavy atom. The molecule has 0 aromatic heterocycles. The molecular weight excluding hydrogens is 92.1 g/mol. The molecular formula is C4H4N2O. The summed E-state index contributed by atoms with van der Waals surface area (Å²) < 4.78 is 0. The summed E-state index contributed by atoms with van der Waals surface area (Å²) in [7, 11) is 0. The van der Waals surface area contributed by atoms with Crippen LogP contribution in [-0.4, -0.2) is 17.3 Å². The van der Waals surface area contributed by atoms with Crippen LogP contribution in [0.15, 0.2) is 12.2 Å². The summed E-state index contributed by atoms with van der Waals surface area (Å²) in [6, 6.07) is 0. The van der Waals surface area contributed by atoms with Crippen LogP contribution in [0.25, 0.3) is 5.53 Å². The van der Waals surface area contributed by atoms with E-state index >= 15 is 0 Å². The van der Waals surface area contributed by atoms with Crippen molar-refractivity contribution >= 4 is 12.5 Å². The van der Waals surface area contributed by atoms with E-state index < -0.39 is 0 Å². The molecule has 0 amide bonds. The smallest absolute Gasteiger partial charge is 0.280 e. The quantitative estimate of drug-likeness (QED) is 0.157. The number of carbonyl (C=O) groups excluding carboxylic acids is 1. The van der Waals surface area contributed by atoms with Gasteiger partial charge in [-0.2, -0.15) is 4.79 Å². The largest absolute Gasteiger partial charge is 0.362 e. The van der Waals surface area contributed by atoms with Crippen molar-refractivity contribution in [2.24, 2.45) is 0 Å². The Morgan fingerprint density at radius 1 is 1.43 bits per heavy atom. The maximum atomic E-state index is 9.45. The van der Waals surface area contributed by atoms with Crippen molar-refractivity contribution in [2.45, 2.75) is 0 Å². The molecule has 0 unspecified atom stereocenters. The molecule has 0 saturated carbocycles. The predicted octanol–water partition coefficient (Wildman–Crippen LogP) is 0.0421. The van der Waals surface area contributed by atoms with E-state index in [0.29, 0.717) is 6.29 Å². The second kappa shape index (κ2) is 4.79. The highest BCUT2D eigenvalue weighted by atomic mass is 16.1. The summed E-state index contributed by atoms with van der Waals surface area (Å²) in [4.78, 5) is 12.1. The van der Waals surface area contributed by atoms with Gasteiger partial charge in [0.2, 0.25) is 0 Å². The van der Waals surface area contributed by atoms with Crippen LogP contribution in [0.3, 0.4) is 0 Å². The Labute approximate surface area is 40.9 Å². The summed E-state index contributed by atoms with van der Waals surface area (Å²) >= 11 is 0. The minimum Gasteiger partial charge on any atom is -0.362 e. The van der Waals surface area contributed by atoms with Gasteiger partial charge >= 0.3 is 0 Å². The molecule has 0 heterocycles. The van der Waals surface area contributed by atoms with E-state index in [1.807, 2.05) is 0 Å². The normalized spacial score (nSPS) is 8.00. The lowest BCUT2D eigenvalue weighted by molar-refractivity contribution is -0.104. The number of hydrogen-bond acceptors (Lipinski definition) is 1. The monoisotopic (exact) mass is 96.0 g/mol. The van der Waals surface area contributed by atoms with Gasteiger partial charge in [-0.3, -0.25) is 4.79 Å². The number of rotatable bonds is 2. The van der Waals surface area contributed by atoms with E-state index in [9.17, 15) is 4.79 Å². The first kappa shape index (κ1) is 5.79. The highest BCUT2D eigenvalue weighted by Crippen LogP contribution is 1.54. The Balaban J connectivity index is 3.47. The molecule has 0 aromatic rings. The van der Waals surface area contributed by atoms with Gasteiger partial charge in [-0.25, -0.2) is 0 Å². The Bertz CT molecular complexity index is 122. The lowest BCUT2D eigenvalue weighted by Crippen LogP contribution is -1.63. The standard InChI is InChI=1S/C4H4N2O/c5-6-3-1-2-4-7/h1-4H/b2-1+. The van der Waals surface area contributed by atoms with Crippen LogP contribution in [0.1, 0.15) is 0 Å². The summed E-state index contributed by atoms with van der Waals surface area (Å²) in [5, 5.41) is 0. The highest BCUT2D eigenvalue weighted by Gasteiger charge is 1.62. The molecule has 0 rings (SSSR count). The molecule has 0 aliphatic heterocycles. The van der Waals surface area contributed by atoms with E-state index in [0.717, 1.165) is 6.21 Å². The molecule has 0 bridgehead atoms. The topological polar surface area (TPSA) is 53.5 Å². The number of aldehydes is 1. The Hall–Kier alpha value is -1.21. The fourth-order valence-electron chi connectivity index (χ4n) is 0.134. The van der Waals surface area contributed by atoms with Gasteiger partial charge in [-0.15, -0.1) is 0 Å². The van der Waals surface area contributed by atoms with Gasteiger partial charge in [0.05, 0.1) is 0 Å². The first-order valence-electron chi connectivity index (χ1n) is 1.69. The zero-order valence-corrected chi connectivity index (χ0v) is 3.61. The second-order valence-corrected chi connectivity index (χ2v) is 0.786. The van der Waals surface area contributed by atoms with Crippen molar-refractivity contribution < 1.29 is 9.58 Å². The van der Waals surface area contributed by atoms with Crippen LogP contribution in [0.2, 0.25) is 0 Å².